The lowest BCUT2D eigenvalue weighted by Gasteiger charge is -1.89. The second kappa shape index (κ2) is 36.0. The summed E-state index contributed by atoms with van der Waals surface area (Å²) in [5.74, 6) is -0.211. The molecule has 0 saturated heterocycles. The normalized spacial score (nSPS) is 7.79. The van der Waals surface area contributed by atoms with E-state index in [2.05, 4.69) is 18.6 Å². The summed E-state index contributed by atoms with van der Waals surface area (Å²) in [6.45, 7) is 13.4. The van der Waals surface area contributed by atoms with Gasteiger partial charge in [-0.2, -0.15) is 0 Å². The minimum Gasteiger partial charge on any atom is -0.466 e. The van der Waals surface area contributed by atoms with Gasteiger partial charge in [0.05, 0.1) is 19.8 Å². The highest BCUT2D eigenvalue weighted by molar-refractivity contribution is 5.65. The summed E-state index contributed by atoms with van der Waals surface area (Å²) in [6.07, 6.45) is 2.64. The van der Waals surface area contributed by atoms with Crippen molar-refractivity contribution in [3.05, 3.63) is 0 Å². The molecule has 0 aromatic rings. The van der Waals surface area contributed by atoms with E-state index in [1.165, 1.54) is 19.8 Å². The fourth-order valence-electron chi connectivity index (χ4n) is 0.407. The van der Waals surface area contributed by atoms with Gasteiger partial charge in [-0.05, 0) is 20.8 Å². The number of carbonyl (C=O) groups is 1. The van der Waals surface area contributed by atoms with Crippen LogP contribution in [0, 0.1) is 0 Å². The lowest BCUT2D eigenvalue weighted by molar-refractivity contribution is -0.140. The van der Waals surface area contributed by atoms with Crippen LogP contribution < -0.4 is 0 Å². The molecule has 0 spiro atoms. The third-order valence-electron chi connectivity index (χ3n) is 1.36. The molecule has 120 valence electrons. The number of esters is 1. The summed E-state index contributed by atoms with van der Waals surface area (Å²) >= 11 is 0. The van der Waals surface area contributed by atoms with Crippen LogP contribution in [0.25, 0.3) is 0 Å². The van der Waals surface area contributed by atoms with Crippen molar-refractivity contribution in [3.8, 4) is 0 Å². The molecule has 2 N–H and O–H groups in total. The van der Waals surface area contributed by atoms with Crippen LogP contribution in [0.5, 0.6) is 0 Å². The Kier molecular flexibility index (Phi) is 50.8. The van der Waals surface area contributed by atoms with E-state index in [9.17, 15) is 4.79 Å². The van der Waals surface area contributed by atoms with E-state index in [0.717, 1.165) is 13.2 Å². The fourth-order valence-corrected chi connectivity index (χ4v) is 0.407. The second-order valence-electron chi connectivity index (χ2n) is 3.15. The number of aliphatic hydroxyl groups is 2. The lowest BCUT2D eigenvalue weighted by Crippen LogP contribution is -1.95. The van der Waals surface area contributed by atoms with Gasteiger partial charge in [-0.3, -0.25) is 4.79 Å². The molecule has 0 unspecified atom stereocenters. The Labute approximate surface area is 118 Å². The molecule has 0 radical (unpaired) electrons. The molecule has 0 saturated carbocycles. The Morgan fingerprint density at radius 2 is 1.21 bits per heavy atom. The van der Waals surface area contributed by atoms with Crippen molar-refractivity contribution < 1.29 is 24.5 Å². The average molecular weight is 282 g/mol. The zero-order valence-electron chi connectivity index (χ0n) is 13.6. The largest absolute Gasteiger partial charge is 0.466 e. The van der Waals surface area contributed by atoms with Gasteiger partial charge < -0.3 is 19.7 Å². The van der Waals surface area contributed by atoms with Gasteiger partial charge in [0.1, 0.15) is 0 Å². The molecule has 5 nitrogen and oxygen atoms in total. The van der Waals surface area contributed by atoms with Crippen LogP contribution in [0.4, 0.5) is 0 Å². The smallest absolute Gasteiger partial charge is 0.302 e. The highest BCUT2D eigenvalue weighted by Crippen LogP contribution is 1.76. The highest BCUT2D eigenvalue weighted by atomic mass is 16.5. The molecule has 0 aromatic heterocycles. The third-order valence-corrected chi connectivity index (χ3v) is 1.36. The number of unbranched alkanes of at least 4 members (excludes halogenated alkanes) is 1. The first-order valence-electron chi connectivity index (χ1n) is 6.94. The predicted octanol–water partition coefficient (Wildman–Crippen LogP) is 2.39. The number of carbonyl (C=O) groups excluding carboxylic acids is 1. The zero-order valence-corrected chi connectivity index (χ0v) is 13.6. The maximum absolute atomic E-state index is 9.82. The molecule has 0 aliphatic rings. The second-order valence-corrected chi connectivity index (χ2v) is 3.15. The van der Waals surface area contributed by atoms with Crippen LogP contribution in [0.3, 0.4) is 0 Å². The lowest BCUT2D eigenvalue weighted by atomic mass is 10.4. The molecule has 0 heterocycles. The van der Waals surface area contributed by atoms with E-state index in [4.69, 9.17) is 14.9 Å². The maximum Gasteiger partial charge on any atom is 0.302 e. The topological polar surface area (TPSA) is 76.0 Å². The Morgan fingerprint density at radius 1 is 0.842 bits per heavy atom. The van der Waals surface area contributed by atoms with Crippen molar-refractivity contribution in [1.29, 1.82) is 0 Å². The van der Waals surface area contributed by atoms with Crippen molar-refractivity contribution in [3.63, 3.8) is 0 Å². The SMILES string of the molecule is CCCC.CCOC(C)=O.CCOCC.OCCO. The summed E-state index contributed by atoms with van der Waals surface area (Å²) in [5, 5.41) is 15.2. The molecule has 0 fully saturated rings. The number of hydrogen-bond donors (Lipinski definition) is 2. The van der Waals surface area contributed by atoms with Crippen molar-refractivity contribution in [2.75, 3.05) is 33.0 Å². The Morgan fingerprint density at radius 3 is 1.21 bits per heavy atom. The molecule has 0 atom stereocenters. The predicted molar refractivity (Wildman–Crippen MR) is 79.2 cm³/mol. The van der Waals surface area contributed by atoms with Crippen molar-refractivity contribution in [1.82, 2.24) is 0 Å². The molecular weight excluding hydrogens is 248 g/mol. The Balaban J connectivity index is -0.0000000803. The first kappa shape index (κ1) is 26.8. The van der Waals surface area contributed by atoms with Crippen LogP contribution in [-0.4, -0.2) is 49.2 Å². The number of ether oxygens (including phenoxy) is 2. The molecule has 0 aromatic carbocycles. The van der Waals surface area contributed by atoms with Gasteiger partial charge in [0.25, 0.3) is 0 Å². The average Bonchev–Trinajstić information content (AvgIpc) is 2.41. The van der Waals surface area contributed by atoms with Crippen molar-refractivity contribution >= 4 is 5.97 Å². The van der Waals surface area contributed by atoms with Crippen LogP contribution >= 0.6 is 0 Å². The van der Waals surface area contributed by atoms with Crippen LogP contribution in [0.2, 0.25) is 0 Å². The van der Waals surface area contributed by atoms with Crippen molar-refractivity contribution in [2.24, 2.45) is 0 Å². The maximum atomic E-state index is 9.82. The van der Waals surface area contributed by atoms with Gasteiger partial charge in [0.2, 0.25) is 0 Å². The van der Waals surface area contributed by atoms with Gasteiger partial charge in [-0.15, -0.1) is 0 Å². The number of rotatable bonds is 5. The van der Waals surface area contributed by atoms with Gasteiger partial charge >= 0.3 is 5.97 Å². The summed E-state index contributed by atoms with van der Waals surface area (Å²) < 4.78 is 9.24. The van der Waals surface area contributed by atoms with Gasteiger partial charge in [0, 0.05) is 20.1 Å². The highest BCUT2D eigenvalue weighted by Gasteiger charge is 1.81. The fraction of sp³-hybridized carbons (Fsp3) is 0.929. The van der Waals surface area contributed by atoms with Crippen LogP contribution in [-0.2, 0) is 14.3 Å². The first-order valence-corrected chi connectivity index (χ1v) is 6.94. The summed E-state index contributed by atoms with van der Waals surface area (Å²) in [5.41, 5.74) is 0. The molecule has 0 aliphatic carbocycles. The van der Waals surface area contributed by atoms with Gasteiger partial charge in [-0.25, -0.2) is 0 Å². The first-order chi connectivity index (χ1) is 9.01. The van der Waals surface area contributed by atoms with Gasteiger partial charge in [0.15, 0.2) is 0 Å². The Hall–Kier alpha value is -0.650. The van der Waals surface area contributed by atoms with E-state index in [0.29, 0.717) is 6.61 Å². The zero-order chi connectivity index (χ0) is 15.9. The molecule has 5 heteroatoms. The third kappa shape index (κ3) is 101. The van der Waals surface area contributed by atoms with Gasteiger partial charge in [-0.1, -0.05) is 26.7 Å². The van der Waals surface area contributed by atoms with E-state index < -0.39 is 0 Å². The molecule has 0 rings (SSSR count). The Bertz CT molecular complexity index is 119. The minimum absolute atomic E-state index is 0.125. The molecule has 0 aliphatic heterocycles. The monoisotopic (exact) mass is 282 g/mol. The van der Waals surface area contributed by atoms with E-state index in [-0.39, 0.29) is 19.2 Å². The summed E-state index contributed by atoms with van der Waals surface area (Å²) in [6, 6.07) is 0. The molecular formula is C14H34O5. The molecule has 0 bridgehead atoms. The van der Waals surface area contributed by atoms with Crippen molar-refractivity contribution in [2.45, 2.75) is 54.4 Å². The molecule has 0 amide bonds. The standard InChI is InChI=1S/C4H8O2.C4H10O.C4H10.C2H6O2/c1-3-6-4(2)5;1-3-5-4-2;1-3-4-2;3-1-2-4/h3H2,1-2H3;3-4H2,1-2H3;3-4H2,1-2H3;3-4H,1-2H2. The van der Waals surface area contributed by atoms with Crippen LogP contribution in [0.15, 0.2) is 0 Å². The van der Waals surface area contributed by atoms with Crippen LogP contribution in [0.1, 0.15) is 54.4 Å². The quantitative estimate of drug-likeness (QED) is 0.757. The van der Waals surface area contributed by atoms with E-state index in [1.54, 1.807) is 6.92 Å². The van der Waals surface area contributed by atoms with E-state index >= 15 is 0 Å². The minimum atomic E-state index is -0.211. The summed E-state index contributed by atoms with van der Waals surface area (Å²) in [7, 11) is 0. The van der Waals surface area contributed by atoms with E-state index in [1.807, 2.05) is 13.8 Å². The molecule has 19 heavy (non-hydrogen) atoms. The number of aliphatic hydroxyl groups excluding tert-OH is 2. The number of hydrogen-bond acceptors (Lipinski definition) is 5. The summed E-state index contributed by atoms with van der Waals surface area (Å²) in [4.78, 5) is 9.82.